The van der Waals surface area contributed by atoms with Crippen LogP contribution < -0.4 is 0 Å². The molecule has 0 N–H and O–H groups in total. The molecule has 0 saturated carbocycles. The van der Waals surface area contributed by atoms with Crippen LogP contribution in [0.25, 0.3) is 11.4 Å². The minimum atomic E-state index is 0.436. The fourth-order valence-corrected chi connectivity index (χ4v) is 1.60. The monoisotopic (exact) mass is 207 g/mol. The molecular formula is C10H10ClN3. The van der Waals surface area contributed by atoms with Crippen molar-refractivity contribution in [3.8, 4) is 11.4 Å². The van der Waals surface area contributed by atoms with Gasteiger partial charge in [0.1, 0.15) is 0 Å². The number of benzene rings is 1. The molecular weight excluding hydrogens is 198 g/mol. The molecule has 0 amide bonds. The predicted octanol–water partition coefficient (Wildman–Crippen LogP) is 2.62. The first-order valence-corrected chi connectivity index (χ1v) is 4.85. The van der Waals surface area contributed by atoms with Crippen molar-refractivity contribution < 1.29 is 0 Å². The van der Waals surface area contributed by atoms with E-state index in [0.717, 1.165) is 17.9 Å². The van der Waals surface area contributed by atoms with Gasteiger partial charge in [0.25, 0.3) is 0 Å². The molecule has 14 heavy (non-hydrogen) atoms. The molecule has 0 saturated heterocycles. The Labute approximate surface area is 87.3 Å². The molecule has 1 heterocycles. The molecule has 3 nitrogen and oxygen atoms in total. The molecule has 0 aliphatic heterocycles. The maximum atomic E-state index is 5.88. The summed E-state index contributed by atoms with van der Waals surface area (Å²) in [5, 5.41) is 8.32. The van der Waals surface area contributed by atoms with Crippen LogP contribution in [-0.4, -0.2) is 14.8 Å². The molecule has 72 valence electrons. The Morgan fingerprint density at radius 1 is 1.21 bits per heavy atom. The van der Waals surface area contributed by atoms with E-state index in [1.54, 1.807) is 0 Å². The zero-order chi connectivity index (χ0) is 9.97. The van der Waals surface area contributed by atoms with E-state index in [4.69, 9.17) is 11.6 Å². The highest BCUT2D eigenvalue weighted by Gasteiger charge is 2.09. The highest BCUT2D eigenvalue weighted by Crippen LogP contribution is 2.19. The molecule has 0 atom stereocenters. The highest BCUT2D eigenvalue weighted by atomic mass is 35.5. The van der Waals surface area contributed by atoms with Crippen LogP contribution in [0.4, 0.5) is 0 Å². The minimum Gasteiger partial charge on any atom is -0.298 e. The molecule has 1 aromatic heterocycles. The lowest BCUT2D eigenvalue weighted by atomic mass is 10.2. The van der Waals surface area contributed by atoms with Crippen LogP contribution in [0, 0.1) is 0 Å². The fourth-order valence-electron chi connectivity index (χ4n) is 1.37. The van der Waals surface area contributed by atoms with Gasteiger partial charge in [-0.2, -0.15) is 0 Å². The van der Waals surface area contributed by atoms with E-state index < -0.39 is 0 Å². The second-order valence-electron chi connectivity index (χ2n) is 2.90. The van der Waals surface area contributed by atoms with E-state index in [1.165, 1.54) is 0 Å². The third-order valence-electron chi connectivity index (χ3n) is 2.05. The Kier molecular flexibility index (Phi) is 2.50. The molecule has 0 aliphatic carbocycles. The van der Waals surface area contributed by atoms with Gasteiger partial charge in [0.2, 0.25) is 5.28 Å². The first kappa shape index (κ1) is 9.21. The zero-order valence-corrected chi connectivity index (χ0v) is 8.57. The summed E-state index contributed by atoms with van der Waals surface area (Å²) in [5.74, 6) is 0.818. The quantitative estimate of drug-likeness (QED) is 0.758. The summed E-state index contributed by atoms with van der Waals surface area (Å²) in [6, 6.07) is 9.90. The smallest absolute Gasteiger partial charge is 0.225 e. The topological polar surface area (TPSA) is 30.7 Å². The van der Waals surface area contributed by atoms with E-state index in [0.29, 0.717) is 5.28 Å². The van der Waals surface area contributed by atoms with Gasteiger partial charge in [-0.25, -0.2) is 0 Å². The summed E-state index contributed by atoms with van der Waals surface area (Å²) in [7, 11) is 0. The van der Waals surface area contributed by atoms with Crippen LogP contribution in [0.5, 0.6) is 0 Å². The molecule has 0 fully saturated rings. The standard InChI is InChI=1S/C10H10ClN3/c1-2-14-9(12-13-10(14)11)8-6-4-3-5-7-8/h3-7H,2H2,1H3. The van der Waals surface area contributed by atoms with Gasteiger partial charge >= 0.3 is 0 Å². The van der Waals surface area contributed by atoms with E-state index in [2.05, 4.69) is 10.2 Å². The third kappa shape index (κ3) is 1.51. The third-order valence-corrected chi connectivity index (χ3v) is 2.33. The van der Waals surface area contributed by atoms with Crippen LogP contribution in [-0.2, 0) is 6.54 Å². The van der Waals surface area contributed by atoms with E-state index in [9.17, 15) is 0 Å². The van der Waals surface area contributed by atoms with Crippen molar-refractivity contribution >= 4 is 11.6 Å². The number of aromatic nitrogens is 3. The SMILES string of the molecule is CCn1c(Cl)nnc1-c1ccccc1. The van der Waals surface area contributed by atoms with Gasteiger partial charge in [0.15, 0.2) is 5.82 Å². The molecule has 0 bridgehead atoms. The maximum Gasteiger partial charge on any atom is 0.225 e. The van der Waals surface area contributed by atoms with Gasteiger partial charge in [-0.05, 0) is 18.5 Å². The van der Waals surface area contributed by atoms with E-state index in [-0.39, 0.29) is 0 Å². The number of rotatable bonds is 2. The Morgan fingerprint density at radius 3 is 2.57 bits per heavy atom. The highest BCUT2D eigenvalue weighted by molar-refractivity contribution is 6.28. The molecule has 0 aliphatic rings. The lowest BCUT2D eigenvalue weighted by Gasteiger charge is -2.03. The zero-order valence-electron chi connectivity index (χ0n) is 7.81. The average Bonchev–Trinajstić information content (AvgIpc) is 2.61. The predicted molar refractivity (Wildman–Crippen MR) is 56.1 cm³/mol. The van der Waals surface area contributed by atoms with Crippen molar-refractivity contribution in [1.82, 2.24) is 14.8 Å². The summed E-state index contributed by atoms with van der Waals surface area (Å²) in [6.45, 7) is 2.79. The number of hydrogen-bond donors (Lipinski definition) is 0. The normalized spacial score (nSPS) is 10.4. The second-order valence-corrected chi connectivity index (χ2v) is 3.24. The van der Waals surface area contributed by atoms with Crippen molar-refractivity contribution in [1.29, 1.82) is 0 Å². The largest absolute Gasteiger partial charge is 0.298 e. The summed E-state index contributed by atoms with van der Waals surface area (Å²) < 4.78 is 1.87. The van der Waals surface area contributed by atoms with E-state index >= 15 is 0 Å². The Balaban J connectivity index is 2.52. The van der Waals surface area contributed by atoms with Crippen LogP contribution in [0.2, 0.25) is 5.28 Å². The number of hydrogen-bond acceptors (Lipinski definition) is 2. The summed E-state index contributed by atoms with van der Waals surface area (Å²) in [5.41, 5.74) is 1.04. The average molecular weight is 208 g/mol. The lowest BCUT2D eigenvalue weighted by molar-refractivity contribution is 0.768. The van der Waals surface area contributed by atoms with Crippen LogP contribution in [0.3, 0.4) is 0 Å². The van der Waals surface area contributed by atoms with Gasteiger partial charge in [0, 0.05) is 12.1 Å². The molecule has 0 radical (unpaired) electrons. The molecule has 1 aromatic carbocycles. The van der Waals surface area contributed by atoms with Crippen LogP contribution in [0.1, 0.15) is 6.92 Å². The molecule has 4 heteroatoms. The van der Waals surface area contributed by atoms with Crippen molar-refractivity contribution in [3.63, 3.8) is 0 Å². The van der Waals surface area contributed by atoms with Crippen LogP contribution in [0.15, 0.2) is 30.3 Å². The Morgan fingerprint density at radius 2 is 1.93 bits per heavy atom. The maximum absolute atomic E-state index is 5.88. The lowest BCUT2D eigenvalue weighted by Crippen LogP contribution is -1.97. The number of halogens is 1. The van der Waals surface area contributed by atoms with Crippen molar-refractivity contribution in [2.75, 3.05) is 0 Å². The second kappa shape index (κ2) is 3.80. The first-order valence-electron chi connectivity index (χ1n) is 4.47. The van der Waals surface area contributed by atoms with Crippen molar-refractivity contribution in [2.45, 2.75) is 13.5 Å². The van der Waals surface area contributed by atoms with E-state index in [1.807, 2.05) is 41.8 Å². The Bertz CT molecular complexity index is 422. The van der Waals surface area contributed by atoms with Gasteiger partial charge in [-0.3, -0.25) is 4.57 Å². The molecule has 0 unspecified atom stereocenters. The number of nitrogens with zero attached hydrogens (tertiary/aromatic N) is 3. The van der Waals surface area contributed by atoms with Gasteiger partial charge < -0.3 is 0 Å². The summed E-state index contributed by atoms with van der Waals surface area (Å²) in [4.78, 5) is 0. The van der Waals surface area contributed by atoms with Gasteiger partial charge in [-0.1, -0.05) is 30.3 Å². The molecule has 2 rings (SSSR count). The first-order chi connectivity index (χ1) is 6.83. The van der Waals surface area contributed by atoms with Crippen molar-refractivity contribution in [2.24, 2.45) is 0 Å². The van der Waals surface area contributed by atoms with Gasteiger partial charge in [-0.15, -0.1) is 10.2 Å². The van der Waals surface area contributed by atoms with Crippen LogP contribution >= 0.6 is 11.6 Å². The minimum absolute atomic E-state index is 0.436. The molecule has 0 spiro atoms. The summed E-state index contributed by atoms with van der Waals surface area (Å²) >= 11 is 5.88. The van der Waals surface area contributed by atoms with Crippen molar-refractivity contribution in [3.05, 3.63) is 35.6 Å². The fraction of sp³-hybridized carbons (Fsp3) is 0.200. The Hall–Kier alpha value is -1.35. The van der Waals surface area contributed by atoms with Gasteiger partial charge in [0.05, 0.1) is 0 Å². The summed E-state index contributed by atoms with van der Waals surface area (Å²) in [6.07, 6.45) is 0. The molecule has 2 aromatic rings.